The second-order valence-electron chi connectivity index (χ2n) is 2.17. The fourth-order valence-corrected chi connectivity index (χ4v) is 0.717. The minimum absolute atomic E-state index is 0.0263. The van der Waals surface area contributed by atoms with Gasteiger partial charge in [-0.25, -0.2) is 0 Å². The van der Waals surface area contributed by atoms with Gasteiger partial charge in [-0.05, 0) is 12.1 Å². The molecule has 2 N–H and O–H groups in total. The first-order chi connectivity index (χ1) is 6.09. The molecule has 1 rings (SSSR count). The number of aliphatic hydroxyl groups is 2. The van der Waals surface area contributed by atoms with E-state index in [-0.39, 0.29) is 11.4 Å². The average Bonchev–Trinajstić information content (AvgIpc) is 2.04. The molecule has 0 aromatic carbocycles. The Bertz CT molecular complexity index is 263. The number of rotatable bonds is 3. The summed E-state index contributed by atoms with van der Waals surface area (Å²) in [6.07, 6.45) is -0.721. The molecule has 0 radical (unpaired) electrons. The van der Waals surface area contributed by atoms with Crippen molar-refractivity contribution in [3.63, 3.8) is 0 Å². The van der Waals surface area contributed by atoms with Crippen LogP contribution in [0.25, 0.3) is 0 Å². The lowest BCUT2D eigenvalue weighted by molar-refractivity contribution is -0.0514. The molecule has 0 saturated heterocycles. The highest BCUT2D eigenvalue weighted by Gasteiger charge is 2.06. The summed E-state index contributed by atoms with van der Waals surface area (Å²) in [5.41, 5.74) is -0.0263. The summed E-state index contributed by atoms with van der Waals surface area (Å²) < 4.78 is 27.3. The summed E-state index contributed by atoms with van der Waals surface area (Å²) in [6, 6.07) is 2.36. The molecule has 1 aromatic heterocycles. The smallest absolute Gasteiger partial charge is 0.387 e. The minimum atomic E-state index is -2.91. The first-order valence-electron chi connectivity index (χ1n) is 3.36. The van der Waals surface area contributed by atoms with E-state index in [1.807, 2.05) is 0 Å². The van der Waals surface area contributed by atoms with Crippen LogP contribution in [0.1, 0.15) is 12.0 Å². The summed E-state index contributed by atoms with van der Waals surface area (Å²) >= 11 is 0. The van der Waals surface area contributed by atoms with Crippen LogP contribution in [0.3, 0.4) is 0 Å². The molecule has 1 aromatic rings. The molecule has 0 unspecified atom stereocenters. The number of hydrogen-bond acceptors (Lipinski definition) is 4. The molecule has 1 heterocycles. The Morgan fingerprint density at radius 2 is 2.00 bits per heavy atom. The number of ether oxygens (including phenoxy) is 1. The zero-order valence-electron chi connectivity index (χ0n) is 6.39. The lowest BCUT2D eigenvalue weighted by Gasteiger charge is -2.05. The van der Waals surface area contributed by atoms with Crippen LogP contribution in [0.5, 0.6) is 5.75 Å². The maximum atomic E-state index is 11.6. The summed E-state index contributed by atoms with van der Waals surface area (Å²) in [4.78, 5) is 3.47. The van der Waals surface area contributed by atoms with Crippen LogP contribution in [0, 0.1) is 0 Å². The van der Waals surface area contributed by atoms with Crippen molar-refractivity contribution in [1.29, 1.82) is 0 Å². The van der Waals surface area contributed by atoms with E-state index in [1.165, 1.54) is 12.1 Å². The summed E-state index contributed by atoms with van der Waals surface area (Å²) in [5.74, 6) is -0.126. The van der Waals surface area contributed by atoms with Gasteiger partial charge in [-0.2, -0.15) is 8.78 Å². The van der Waals surface area contributed by atoms with E-state index in [1.54, 1.807) is 0 Å². The SMILES string of the molecule is OC(O)c1ccc(OC(F)F)cn1. The molecule has 6 heteroatoms. The summed E-state index contributed by atoms with van der Waals surface area (Å²) in [5, 5.41) is 17.2. The number of aromatic nitrogens is 1. The van der Waals surface area contributed by atoms with Gasteiger partial charge in [-0.3, -0.25) is 4.98 Å². The fraction of sp³-hybridized carbons (Fsp3) is 0.286. The predicted molar refractivity (Wildman–Crippen MR) is 38.0 cm³/mol. The second kappa shape index (κ2) is 4.11. The van der Waals surface area contributed by atoms with Crippen LogP contribution in [0.15, 0.2) is 18.3 Å². The Morgan fingerprint density at radius 1 is 1.31 bits per heavy atom. The Balaban J connectivity index is 2.70. The molecule has 13 heavy (non-hydrogen) atoms. The third kappa shape index (κ3) is 2.92. The van der Waals surface area contributed by atoms with Gasteiger partial charge in [0.25, 0.3) is 0 Å². The van der Waals surface area contributed by atoms with Crippen molar-refractivity contribution in [1.82, 2.24) is 4.98 Å². The number of hydrogen-bond donors (Lipinski definition) is 2. The van der Waals surface area contributed by atoms with E-state index in [2.05, 4.69) is 9.72 Å². The quantitative estimate of drug-likeness (QED) is 0.689. The Morgan fingerprint density at radius 3 is 2.38 bits per heavy atom. The van der Waals surface area contributed by atoms with E-state index in [0.29, 0.717) is 0 Å². The van der Waals surface area contributed by atoms with Crippen LogP contribution in [0.4, 0.5) is 8.78 Å². The molecule has 0 aliphatic heterocycles. The van der Waals surface area contributed by atoms with Crippen LogP contribution in [-0.2, 0) is 0 Å². The second-order valence-corrected chi connectivity index (χ2v) is 2.17. The molecular weight excluding hydrogens is 184 g/mol. The zero-order valence-corrected chi connectivity index (χ0v) is 6.39. The first-order valence-corrected chi connectivity index (χ1v) is 3.36. The molecular formula is C7H7F2NO3. The van der Waals surface area contributed by atoms with Gasteiger partial charge in [0.1, 0.15) is 5.75 Å². The molecule has 0 fully saturated rings. The zero-order chi connectivity index (χ0) is 9.84. The number of halogens is 2. The van der Waals surface area contributed by atoms with Crippen molar-refractivity contribution >= 4 is 0 Å². The lowest BCUT2D eigenvalue weighted by atomic mass is 10.3. The van der Waals surface area contributed by atoms with E-state index in [0.717, 1.165) is 6.20 Å². The molecule has 0 aliphatic rings. The van der Waals surface area contributed by atoms with E-state index in [9.17, 15) is 8.78 Å². The molecule has 72 valence electrons. The van der Waals surface area contributed by atoms with E-state index >= 15 is 0 Å². The molecule has 0 aliphatic carbocycles. The van der Waals surface area contributed by atoms with Crippen LogP contribution < -0.4 is 4.74 Å². The number of pyridine rings is 1. The van der Waals surface area contributed by atoms with Crippen molar-refractivity contribution in [3.05, 3.63) is 24.0 Å². The number of nitrogens with zero attached hydrogens (tertiary/aromatic N) is 1. The topological polar surface area (TPSA) is 62.6 Å². The van der Waals surface area contributed by atoms with Gasteiger partial charge in [-0.1, -0.05) is 0 Å². The highest BCUT2D eigenvalue weighted by molar-refractivity contribution is 5.20. The molecule has 0 spiro atoms. The molecule has 0 saturated carbocycles. The first kappa shape index (κ1) is 9.82. The maximum absolute atomic E-state index is 11.6. The summed E-state index contributed by atoms with van der Waals surface area (Å²) in [6.45, 7) is -2.91. The summed E-state index contributed by atoms with van der Waals surface area (Å²) in [7, 11) is 0. The van der Waals surface area contributed by atoms with Gasteiger partial charge in [-0.15, -0.1) is 0 Å². The largest absolute Gasteiger partial charge is 0.433 e. The molecule has 0 amide bonds. The Labute approximate surface area is 72.4 Å². The van der Waals surface area contributed by atoms with Gasteiger partial charge < -0.3 is 14.9 Å². The predicted octanol–water partition coefficient (Wildman–Crippen LogP) is 0.666. The molecule has 0 atom stereocenters. The number of alkyl halides is 2. The van der Waals surface area contributed by atoms with Gasteiger partial charge >= 0.3 is 6.61 Å². The van der Waals surface area contributed by atoms with Gasteiger partial charge in [0.05, 0.1) is 11.9 Å². The van der Waals surface area contributed by atoms with Crippen LogP contribution in [-0.4, -0.2) is 21.8 Å². The molecule has 0 bridgehead atoms. The van der Waals surface area contributed by atoms with Crippen LogP contribution in [0.2, 0.25) is 0 Å². The molecule has 4 nitrogen and oxygen atoms in total. The van der Waals surface area contributed by atoms with Crippen molar-refractivity contribution in [2.75, 3.05) is 0 Å². The van der Waals surface area contributed by atoms with Crippen molar-refractivity contribution in [2.24, 2.45) is 0 Å². The number of aliphatic hydroxyl groups excluding tert-OH is 1. The third-order valence-electron chi connectivity index (χ3n) is 1.25. The van der Waals surface area contributed by atoms with E-state index < -0.39 is 12.9 Å². The van der Waals surface area contributed by atoms with E-state index in [4.69, 9.17) is 10.2 Å². The Hall–Kier alpha value is -1.27. The lowest BCUT2D eigenvalue weighted by Crippen LogP contribution is -2.03. The standard InChI is InChI=1S/C7H7F2NO3/c8-7(9)13-4-1-2-5(6(11)12)10-3-4/h1-3,6-7,11-12H. The monoisotopic (exact) mass is 191 g/mol. The maximum Gasteiger partial charge on any atom is 0.387 e. The van der Waals surface area contributed by atoms with Crippen molar-refractivity contribution in [2.45, 2.75) is 12.9 Å². The highest BCUT2D eigenvalue weighted by Crippen LogP contribution is 2.14. The minimum Gasteiger partial charge on any atom is -0.433 e. The Kier molecular flexibility index (Phi) is 3.10. The van der Waals surface area contributed by atoms with Gasteiger partial charge in [0.15, 0.2) is 6.29 Å². The normalized spacial score (nSPS) is 10.9. The van der Waals surface area contributed by atoms with Gasteiger partial charge in [0, 0.05) is 0 Å². The van der Waals surface area contributed by atoms with Crippen molar-refractivity contribution < 1.29 is 23.7 Å². The fourth-order valence-electron chi connectivity index (χ4n) is 0.717. The third-order valence-corrected chi connectivity index (χ3v) is 1.25. The van der Waals surface area contributed by atoms with Gasteiger partial charge in [0.2, 0.25) is 0 Å². The van der Waals surface area contributed by atoms with Crippen molar-refractivity contribution in [3.8, 4) is 5.75 Å². The average molecular weight is 191 g/mol. The highest BCUT2D eigenvalue weighted by atomic mass is 19.3. The van der Waals surface area contributed by atoms with Crippen LogP contribution >= 0.6 is 0 Å².